The zero-order valence-electron chi connectivity index (χ0n) is 15.0. The number of anilines is 1. The van der Waals surface area contributed by atoms with Crippen LogP contribution in [0.3, 0.4) is 0 Å². The summed E-state index contributed by atoms with van der Waals surface area (Å²) in [5.74, 6) is 1.01. The predicted octanol–water partition coefficient (Wildman–Crippen LogP) is 3.02. The van der Waals surface area contributed by atoms with Crippen LogP contribution in [-0.4, -0.2) is 39.0 Å². The number of carbonyl (C=O) groups excluding carboxylic acids is 1. The topological polar surface area (TPSA) is 68.8 Å². The van der Waals surface area contributed by atoms with Crippen molar-refractivity contribution in [2.45, 2.75) is 6.42 Å². The number of benzene rings is 2. The molecule has 0 amide bonds. The Kier molecular flexibility index (Phi) is 7.23. The summed E-state index contributed by atoms with van der Waals surface area (Å²) in [6.45, 7) is 0.651. The molecule has 0 aromatic heterocycles. The number of methoxy groups -OCH3 is 3. The Morgan fingerprint density at radius 3 is 2.50 bits per heavy atom. The molecule has 0 unspecified atom stereocenters. The summed E-state index contributed by atoms with van der Waals surface area (Å²) in [7, 11) is 4.57. The van der Waals surface area contributed by atoms with E-state index in [1.807, 2.05) is 24.3 Å². The monoisotopic (exact) mass is 374 g/mol. The van der Waals surface area contributed by atoms with Gasteiger partial charge in [0.25, 0.3) is 0 Å². The van der Waals surface area contributed by atoms with Crippen LogP contribution in [0.15, 0.2) is 42.5 Å². The second kappa shape index (κ2) is 9.62. The van der Waals surface area contributed by atoms with Gasteiger partial charge in [-0.3, -0.25) is 0 Å². The van der Waals surface area contributed by atoms with Crippen LogP contribution in [0.1, 0.15) is 15.9 Å². The molecular weight excluding hydrogens is 352 g/mol. The summed E-state index contributed by atoms with van der Waals surface area (Å²) in [6, 6.07) is 12.8. The van der Waals surface area contributed by atoms with Crippen LogP contribution in [-0.2, 0) is 11.2 Å². The number of hydrogen-bond acceptors (Lipinski definition) is 5. The number of carbonyl (C=O) groups is 1. The standard InChI is InChI=1S/C19H22N2O4S/c1-23-16-8-7-13(11-17(16)24-2)9-10-20-19(26)21-15-6-4-5-14(12-15)18(22)25-3/h4-8,11-12H,9-10H2,1-3H3,(H2,20,21,26). The second-order valence-electron chi connectivity index (χ2n) is 5.39. The molecule has 6 nitrogen and oxygen atoms in total. The number of nitrogens with one attached hydrogen (secondary N) is 2. The van der Waals surface area contributed by atoms with Crippen molar-refractivity contribution < 1.29 is 19.0 Å². The van der Waals surface area contributed by atoms with Gasteiger partial charge in [-0.15, -0.1) is 0 Å². The van der Waals surface area contributed by atoms with Crippen LogP contribution in [0.4, 0.5) is 5.69 Å². The van der Waals surface area contributed by atoms with Gasteiger partial charge in [-0.05, 0) is 54.5 Å². The molecule has 7 heteroatoms. The van der Waals surface area contributed by atoms with E-state index in [1.54, 1.807) is 32.4 Å². The first-order valence-corrected chi connectivity index (χ1v) is 8.42. The first-order chi connectivity index (χ1) is 12.6. The molecule has 138 valence electrons. The molecule has 0 fully saturated rings. The SMILES string of the molecule is COC(=O)c1cccc(NC(=S)NCCc2ccc(OC)c(OC)c2)c1. The molecule has 0 saturated carbocycles. The molecule has 0 aliphatic rings. The van der Waals surface area contributed by atoms with Gasteiger partial charge in [0.05, 0.1) is 26.9 Å². The van der Waals surface area contributed by atoms with E-state index in [1.165, 1.54) is 7.11 Å². The van der Waals surface area contributed by atoms with Crippen molar-refractivity contribution in [2.75, 3.05) is 33.2 Å². The molecular formula is C19H22N2O4S. The third-order valence-electron chi connectivity index (χ3n) is 3.69. The summed E-state index contributed by atoms with van der Waals surface area (Å²) in [5, 5.41) is 6.68. The maximum atomic E-state index is 11.6. The Balaban J connectivity index is 1.87. The Bertz CT molecular complexity index is 780. The summed E-state index contributed by atoms with van der Waals surface area (Å²) in [4.78, 5) is 11.6. The van der Waals surface area contributed by atoms with Crippen LogP contribution < -0.4 is 20.1 Å². The molecule has 0 radical (unpaired) electrons. The average Bonchev–Trinajstić information content (AvgIpc) is 2.67. The molecule has 0 bridgehead atoms. The summed E-state index contributed by atoms with van der Waals surface area (Å²) in [6.07, 6.45) is 0.768. The average molecular weight is 374 g/mol. The van der Waals surface area contributed by atoms with E-state index in [0.717, 1.165) is 17.7 Å². The molecule has 2 N–H and O–H groups in total. The van der Waals surface area contributed by atoms with Crippen LogP contribution in [0.25, 0.3) is 0 Å². The van der Waals surface area contributed by atoms with Gasteiger partial charge in [-0.2, -0.15) is 0 Å². The fourth-order valence-corrected chi connectivity index (χ4v) is 2.59. The largest absolute Gasteiger partial charge is 0.493 e. The lowest BCUT2D eigenvalue weighted by Gasteiger charge is -2.12. The van der Waals surface area contributed by atoms with Crippen molar-refractivity contribution in [3.8, 4) is 11.5 Å². The molecule has 26 heavy (non-hydrogen) atoms. The van der Waals surface area contributed by atoms with Gasteiger partial charge in [-0.1, -0.05) is 12.1 Å². The zero-order chi connectivity index (χ0) is 18.9. The highest BCUT2D eigenvalue weighted by molar-refractivity contribution is 7.80. The quantitative estimate of drug-likeness (QED) is 0.570. The Morgan fingerprint density at radius 1 is 1.04 bits per heavy atom. The lowest BCUT2D eigenvalue weighted by Crippen LogP contribution is -2.30. The number of ether oxygens (including phenoxy) is 3. The van der Waals surface area contributed by atoms with E-state index in [2.05, 4.69) is 10.6 Å². The number of esters is 1. The third kappa shape index (κ3) is 5.35. The highest BCUT2D eigenvalue weighted by atomic mass is 32.1. The summed E-state index contributed by atoms with van der Waals surface area (Å²) < 4.78 is 15.2. The highest BCUT2D eigenvalue weighted by Gasteiger charge is 2.07. The van der Waals surface area contributed by atoms with Gasteiger partial charge >= 0.3 is 5.97 Å². The minimum absolute atomic E-state index is 0.388. The van der Waals surface area contributed by atoms with Gasteiger partial charge in [0.2, 0.25) is 0 Å². The first kappa shape index (κ1) is 19.5. The van der Waals surface area contributed by atoms with Crippen molar-refractivity contribution in [2.24, 2.45) is 0 Å². The Labute approximate surface area is 158 Å². The maximum absolute atomic E-state index is 11.6. The van der Waals surface area contributed by atoms with Crippen LogP contribution in [0.5, 0.6) is 11.5 Å². The van der Waals surface area contributed by atoms with E-state index in [9.17, 15) is 4.79 Å². The second-order valence-corrected chi connectivity index (χ2v) is 5.80. The fraction of sp³-hybridized carbons (Fsp3) is 0.263. The van der Waals surface area contributed by atoms with Crippen LogP contribution in [0, 0.1) is 0 Å². The highest BCUT2D eigenvalue weighted by Crippen LogP contribution is 2.27. The zero-order valence-corrected chi connectivity index (χ0v) is 15.8. The number of thiocarbonyl (C=S) groups is 1. The summed E-state index contributed by atoms with van der Waals surface area (Å²) >= 11 is 5.29. The van der Waals surface area contributed by atoms with E-state index in [4.69, 9.17) is 26.4 Å². The molecule has 0 atom stereocenters. The maximum Gasteiger partial charge on any atom is 0.337 e. The van der Waals surface area contributed by atoms with Crippen molar-refractivity contribution >= 4 is 29.0 Å². The van der Waals surface area contributed by atoms with E-state index < -0.39 is 0 Å². The summed E-state index contributed by atoms with van der Waals surface area (Å²) in [5.41, 5.74) is 2.28. The predicted molar refractivity (Wildman–Crippen MR) is 105 cm³/mol. The van der Waals surface area contributed by atoms with Crippen molar-refractivity contribution in [1.82, 2.24) is 5.32 Å². The third-order valence-corrected chi connectivity index (χ3v) is 3.94. The fourth-order valence-electron chi connectivity index (χ4n) is 2.37. The van der Waals surface area contributed by atoms with E-state index >= 15 is 0 Å². The Hall–Kier alpha value is -2.80. The minimum atomic E-state index is -0.388. The van der Waals surface area contributed by atoms with Crippen LogP contribution >= 0.6 is 12.2 Å². The first-order valence-electron chi connectivity index (χ1n) is 8.01. The molecule has 2 aromatic rings. The number of rotatable bonds is 7. The van der Waals surface area contributed by atoms with Crippen molar-refractivity contribution in [3.05, 3.63) is 53.6 Å². The smallest absolute Gasteiger partial charge is 0.337 e. The minimum Gasteiger partial charge on any atom is -0.493 e. The van der Waals surface area contributed by atoms with Gasteiger partial charge in [0, 0.05) is 12.2 Å². The van der Waals surface area contributed by atoms with Crippen molar-refractivity contribution in [3.63, 3.8) is 0 Å². The van der Waals surface area contributed by atoms with Gasteiger partial charge in [0.1, 0.15) is 0 Å². The van der Waals surface area contributed by atoms with Gasteiger partial charge in [-0.25, -0.2) is 4.79 Å². The normalized spacial score (nSPS) is 9.96. The lowest BCUT2D eigenvalue weighted by atomic mass is 10.1. The molecule has 0 saturated heterocycles. The van der Waals surface area contributed by atoms with Crippen LogP contribution in [0.2, 0.25) is 0 Å². The molecule has 0 aliphatic heterocycles. The molecule has 0 heterocycles. The van der Waals surface area contributed by atoms with Gasteiger partial charge in [0.15, 0.2) is 16.6 Å². The Morgan fingerprint density at radius 2 is 1.81 bits per heavy atom. The number of hydrogen-bond donors (Lipinski definition) is 2. The molecule has 0 aliphatic carbocycles. The molecule has 2 rings (SSSR count). The van der Waals surface area contributed by atoms with Gasteiger partial charge < -0.3 is 24.8 Å². The van der Waals surface area contributed by atoms with E-state index in [0.29, 0.717) is 28.7 Å². The molecule has 0 spiro atoms. The van der Waals surface area contributed by atoms with Crippen molar-refractivity contribution in [1.29, 1.82) is 0 Å². The molecule has 2 aromatic carbocycles. The van der Waals surface area contributed by atoms with E-state index in [-0.39, 0.29) is 5.97 Å². The lowest BCUT2D eigenvalue weighted by molar-refractivity contribution is 0.0601.